The molecule has 0 spiro atoms. The average Bonchev–Trinajstić information content (AvgIpc) is 2.52. The van der Waals surface area contributed by atoms with E-state index in [9.17, 15) is 9.90 Å². The van der Waals surface area contributed by atoms with Gasteiger partial charge in [0, 0.05) is 24.2 Å². The normalized spacial score (nSPS) is 13.6. The summed E-state index contributed by atoms with van der Waals surface area (Å²) in [4.78, 5) is 14.2. The molecule has 1 N–H and O–H groups in total. The van der Waals surface area contributed by atoms with E-state index in [0.717, 1.165) is 36.2 Å². The summed E-state index contributed by atoms with van der Waals surface area (Å²) < 4.78 is 5.22. The summed E-state index contributed by atoms with van der Waals surface area (Å²) in [7, 11) is 1.58. The van der Waals surface area contributed by atoms with Gasteiger partial charge in [0.15, 0.2) is 0 Å². The molecule has 0 radical (unpaired) electrons. The van der Waals surface area contributed by atoms with E-state index in [1.54, 1.807) is 7.11 Å². The van der Waals surface area contributed by atoms with E-state index in [1.165, 1.54) is 0 Å². The standard InChI is InChI=1S/C18H19NO3/c1-22-17-7-6-14(11-16(17)12-20)13-4-2-5-15(10-13)18(21)19-8-3-9-19/h2,4-7,10-11,20H,3,8-9,12H2,1H3. The molecule has 2 aromatic carbocycles. The van der Waals surface area contributed by atoms with Crippen molar-refractivity contribution in [1.29, 1.82) is 0 Å². The number of nitrogens with zero attached hydrogens (tertiary/aromatic N) is 1. The second kappa shape index (κ2) is 6.20. The van der Waals surface area contributed by atoms with Gasteiger partial charge in [0.1, 0.15) is 5.75 Å². The van der Waals surface area contributed by atoms with Gasteiger partial charge in [-0.15, -0.1) is 0 Å². The minimum Gasteiger partial charge on any atom is -0.496 e. The highest BCUT2D eigenvalue weighted by atomic mass is 16.5. The molecule has 0 saturated carbocycles. The van der Waals surface area contributed by atoms with Crippen molar-refractivity contribution in [3.05, 3.63) is 53.6 Å². The van der Waals surface area contributed by atoms with Crippen LogP contribution in [0.3, 0.4) is 0 Å². The predicted molar refractivity (Wildman–Crippen MR) is 84.9 cm³/mol. The zero-order valence-corrected chi connectivity index (χ0v) is 12.6. The van der Waals surface area contributed by atoms with Crippen LogP contribution in [0.2, 0.25) is 0 Å². The molecule has 0 unspecified atom stereocenters. The summed E-state index contributed by atoms with van der Waals surface area (Å²) in [5.74, 6) is 0.753. The first-order valence-corrected chi connectivity index (χ1v) is 7.40. The molecular weight excluding hydrogens is 278 g/mol. The van der Waals surface area contributed by atoms with Gasteiger partial charge in [-0.3, -0.25) is 4.79 Å². The summed E-state index contributed by atoms with van der Waals surface area (Å²) in [5.41, 5.74) is 3.37. The average molecular weight is 297 g/mol. The first kappa shape index (κ1) is 14.6. The number of amides is 1. The third kappa shape index (κ3) is 2.70. The van der Waals surface area contributed by atoms with Crippen molar-refractivity contribution in [3.63, 3.8) is 0 Å². The van der Waals surface area contributed by atoms with Crippen LogP contribution in [0.25, 0.3) is 11.1 Å². The van der Waals surface area contributed by atoms with Gasteiger partial charge in [-0.05, 0) is 41.8 Å². The van der Waals surface area contributed by atoms with E-state index in [0.29, 0.717) is 11.3 Å². The van der Waals surface area contributed by atoms with Crippen LogP contribution in [0.1, 0.15) is 22.3 Å². The van der Waals surface area contributed by atoms with Crippen LogP contribution in [0.4, 0.5) is 0 Å². The number of carbonyl (C=O) groups is 1. The zero-order chi connectivity index (χ0) is 15.5. The molecular formula is C18H19NO3. The van der Waals surface area contributed by atoms with Crippen LogP contribution >= 0.6 is 0 Å². The number of aliphatic hydroxyl groups is 1. The highest BCUT2D eigenvalue weighted by Gasteiger charge is 2.21. The Morgan fingerprint density at radius 3 is 2.59 bits per heavy atom. The minimum atomic E-state index is -0.0799. The molecule has 4 heteroatoms. The van der Waals surface area contributed by atoms with E-state index in [4.69, 9.17) is 4.74 Å². The van der Waals surface area contributed by atoms with Crippen molar-refractivity contribution >= 4 is 5.91 Å². The lowest BCUT2D eigenvalue weighted by Gasteiger charge is -2.31. The van der Waals surface area contributed by atoms with Crippen molar-refractivity contribution in [3.8, 4) is 16.9 Å². The smallest absolute Gasteiger partial charge is 0.253 e. The molecule has 22 heavy (non-hydrogen) atoms. The molecule has 1 heterocycles. The number of benzene rings is 2. The van der Waals surface area contributed by atoms with Crippen LogP contribution in [0, 0.1) is 0 Å². The van der Waals surface area contributed by atoms with Crippen molar-refractivity contribution < 1.29 is 14.6 Å². The molecule has 0 aliphatic carbocycles. The highest BCUT2D eigenvalue weighted by Crippen LogP contribution is 2.27. The Morgan fingerprint density at radius 1 is 1.18 bits per heavy atom. The molecule has 0 bridgehead atoms. The first-order chi connectivity index (χ1) is 10.7. The van der Waals surface area contributed by atoms with Crippen molar-refractivity contribution in [2.24, 2.45) is 0 Å². The summed E-state index contributed by atoms with van der Waals surface area (Å²) in [6.45, 7) is 1.62. The second-order valence-electron chi connectivity index (χ2n) is 5.41. The summed E-state index contributed by atoms with van der Waals surface area (Å²) in [6.07, 6.45) is 1.09. The third-order valence-corrected chi connectivity index (χ3v) is 4.04. The Kier molecular flexibility index (Phi) is 4.11. The number of ether oxygens (including phenoxy) is 1. The van der Waals surface area contributed by atoms with Gasteiger partial charge >= 0.3 is 0 Å². The molecule has 1 aliphatic rings. The highest BCUT2D eigenvalue weighted by molar-refractivity contribution is 5.95. The Hall–Kier alpha value is -2.33. The van der Waals surface area contributed by atoms with Crippen LogP contribution in [-0.4, -0.2) is 36.1 Å². The molecule has 1 amide bonds. The molecule has 3 rings (SSSR count). The maximum atomic E-state index is 12.3. The summed E-state index contributed by atoms with van der Waals surface area (Å²) >= 11 is 0. The Morgan fingerprint density at radius 2 is 1.95 bits per heavy atom. The van der Waals surface area contributed by atoms with E-state index in [1.807, 2.05) is 47.4 Å². The lowest BCUT2D eigenvalue weighted by atomic mass is 10.00. The quantitative estimate of drug-likeness (QED) is 0.944. The number of methoxy groups -OCH3 is 1. The van der Waals surface area contributed by atoms with Crippen LogP contribution in [-0.2, 0) is 6.61 Å². The number of hydrogen-bond acceptors (Lipinski definition) is 3. The Bertz CT molecular complexity index is 692. The van der Waals surface area contributed by atoms with Gasteiger partial charge in [0.2, 0.25) is 0 Å². The molecule has 0 aromatic heterocycles. The molecule has 0 atom stereocenters. The zero-order valence-electron chi connectivity index (χ0n) is 12.6. The molecule has 1 saturated heterocycles. The van der Waals surface area contributed by atoms with E-state index in [2.05, 4.69) is 0 Å². The number of likely N-dealkylation sites (tertiary alicyclic amines) is 1. The SMILES string of the molecule is COc1ccc(-c2cccc(C(=O)N3CCC3)c2)cc1CO. The lowest BCUT2D eigenvalue weighted by Crippen LogP contribution is -2.41. The van der Waals surface area contributed by atoms with Crippen molar-refractivity contribution in [2.45, 2.75) is 13.0 Å². The molecule has 2 aromatic rings. The number of aliphatic hydroxyl groups excluding tert-OH is 1. The largest absolute Gasteiger partial charge is 0.496 e. The fourth-order valence-electron chi connectivity index (χ4n) is 2.62. The Balaban J connectivity index is 1.93. The number of rotatable bonds is 4. The van der Waals surface area contributed by atoms with Crippen molar-refractivity contribution in [2.75, 3.05) is 20.2 Å². The summed E-state index contributed by atoms with van der Waals surface area (Å²) in [5, 5.41) is 9.44. The molecule has 4 nitrogen and oxygen atoms in total. The fraction of sp³-hybridized carbons (Fsp3) is 0.278. The lowest BCUT2D eigenvalue weighted by molar-refractivity contribution is 0.0652. The van der Waals surface area contributed by atoms with E-state index >= 15 is 0 Å². The molecule has 114 valence electrons. The monoisotopic (exact) mass is 297 g/mol. The van der Waals surface area contributed by atoms with Crippen LogP contribution in [0.5, 0.6) is 5.75 Å². The topological polar surface area (TPSA) is 49.8 Å². The van der Waals surface area contributed by atoms with Crippen LogP contribution in [0.15, 0.2) is 42.5 Å². The maximum Gasteiger partial charge on any atom is 0.253 e. The number of hydrogen-bond donors (Lipinski definition) is 1. The van der Waals surface area contributed by atoms with Gasteiger partial charge in [0.05, 0.1) is 13.7 Å². The molecule has 1 aliphatic heterocycles. The second-order valence-corrected chi connectivity index (χ2v) is 5.41. The first-order valence-electron chi connectivity index (χ1n) is 7.40. The minimum absolute atomic E-state index is 0.0799. The van der Waals surface area contributed by atoms with E-state index < -0.39 is 0 Å². The van der Waals surface area contributed by atoms with Gasteiger partial charge in [0.25, 0.3) is 5.91 Å². The van der Waals surface area contributed by atoms with Gasteiger partial charge in [-0.25, -0.2) is 0 Å². The number of carbonyl (C=O) groups excluding carboxylic acids is 1. The van der Waals surface area contributed by atoms with Crippen molar-refractivity contribution in [1.82, 2.24) is 4.90 Å². The summed E-state index contributed by atoms with van der Waals surface area (Å²) in [6, 6.07) is 13.3. The van der Waals surface area contributed by atoms with E-state index in [-0.39, 0.29) is 12.5 Å². The fourth-order valence-corrected chi connectivity index (χ4v) is 2.62. The van der Waals surface area contributed by atoms with Crippen LogP contribution < -0.4 is 4.74 Å². The third-order valence-electron chi connectivity index (χ3n) is 4.04. The van der Waals surface area contributed by atoms with Gasteiger partial charge < -0.3 is 14.7 Å². The predicted octanol–water partition coefficient (Wildman–Crippen LogP) is 2.70. The molecule has 1 fully saturated rings. The Labute approximate surface area is 130 Å². The maximum absolute atomic E-state index is 12.3. The van der Waals surface area contributed by atoms with Gasteiger partial charge in [-0.1, -0.05) is 18.2 Å². The van der Waals surface area contributed by atoms with Gasteiger partial charge in [-0.2, -0.15) is 0 Å².